The van der Waals surface area contributed by atoms with Crippen molar-refractivity contribution in [3.63, 3.8) is 0 Å². The SMILES string of the molecule is CCCCCCCCCC/C=C\CCCCCCCCCCCCCCCC(=O)NC(COC1OC(CO)C(OC2OC(CO)C(O)C(O)C2O)C(O)C1O)C(O)/C=C/CCCCCCCCCCCCCCCCCCCCC. The molecule has 80 heavy (non-hydrogen) atoms. The van der Waals surface area contributed by atoms with Crippen molar-refractivity contribution < 1.29 is 64.6 Å². The van der Waals surface area contributed by atoms with Gasteiger partial charge >= 0.3 is 0 Å². The first-order chi connectivity index (χ1) is 39.1. The van der Waals surface area contributed by atoms with Crippen molar-refractivity contribution in [1.82, 2.24) is 5.32 Å². The lowest BCUT2D eigenvalue weighted by Crippen LogP contribution is -2.65. The summed E-state index contributed by atoms with van der Waals surface area (Å²) in [7, 11) is 0. The molecule has 0 spiro atoms. The Bertz CT molecular complexity index is 1440. The summed E-state index contributed by atoms with van der Waals surface area (Å²) < 4.78 is 22.8. The molecule has 2 aliphatic heterocycles. The third kappa shape index (κ3) is 36.3. The summed E-state index contributed by atoms with van der Waals surface area (Å²) in [5.41, 5.74) is 0. The molecule has 0 saturated carbocycles. The van der Waals surface area contributed by atoms with E-state index in [-0.39, 0.29) is 18.9 Å². The van der Waals surface area contributed by atoms with Crippen molar-refractivity contribution in [2.75, 3.05) is 19.8 Å². The zero-order chi connectivity index (χ0) is 58.1. The Labute approximate surface area is 488 Å². The van der Waals surface area contributed by atoms with Crippen LogP contribution < -0.4 is 5.32 Å². The fraction of sp³-hybridized carbons (Fsp3) is 0.924. The second-order valence-electron chi connectivity index (χ2n) is 24.0. The second kappa shape index (κ2) is 51.9. The van der Waals surface area contributed by atoms with E-state index in [0.29, 0.717) is 6.42 Å². The molecule has 472 valence electrons. The fourth-order valence-electron chi connectivity index (χ4n) is 11.2. The van der Waals surface area contributed by atoms with E-state index in [2.05, 4.69) is 31.3 Å². The van der Waals surface area contributed by atoms with Gasteiger partial charge in [-0.2, -0.15) is 0 Å². The molecular formula is C66H125NO13. The summed E-state index contributed by atoms with van der Waals surface area (Å²) in [5.74, 6) is -0.234. The normalized spacial score (nSPS) is 24.3. The molecule has 2 rings (SSSR count). The summed E-state index contributed by atoms with van der Waals surface area (Å²) in [6, 6.07) is -0.913. The fourth-order valence-corrected chi connectivity index (χ4v) is 11.2. The Hall–Kier alpha value is -1.53. The number of nitrogens with one attached hydrogen (secondary N) is 1. The highest BCUT2D eigenvalue weighted by Gasteiger charge is 2.51. The van der Waals surface area contributed by atoms with Crippen molar-refractivity contribution in [3.8, 4) is 0 Å². The molecular weight excluding hydrogens is 1010 g/mol. The van der Waals surface area contributed by atoms with E-state index in [4.69, 9.17) is 18.9 Å². The minimum Gasteiger partial charge on any atom is -0.394 e. The third-order valence-corrected chi connectivity index (χ3v) is 16.6. The average Bonchev–Trinajstić information content (AvgIpc) is 3.49. The molecule has 12 unspecified atom stereocenters. The van der Waals surface area contributed by atoms with Gasteiger partial charge in [0.1, 0.15) is 48.8 Å². The summed E-state index contributed by atoms with van der Waals surface area (Å²) >= 11 is 0. The van der Waals surface area contributed by atoms with E-state index in [9.17, 15) is 45.6 Å². The second-order valence-corrected chi connectivity index (χ2v) is 24.0. The van der Waals surface area contributed by atoms with Gasteiger partial charge in [-0.3, -0.25) is 4.79 Å². The lowest BCUT2D eigenvalue weighted by molar-refractivity contribution is -0.359. The molecule has 0 aromatic rings. The molecule has 2 saturated heterocycles. The van der Waals surface area contributed by atoms with Crippen LogP contribution >= 0.6 is 0 Å². The molecule has 0 aliphatic carbocycles. The average molecular weight is 1140 g/mol. The lowest BCUT2D eigenvalue weighted by Gasteiger charge is -2.46. The number of rotatable bonds is 55. The number of hydrogen-bond acceptors (Lipinski definition) is 13. The van der Waals surface area contributed by atoms with Gasteiger partial charge in [-0.1, -0.05) is 269 Å². The molecule has 0 aromatic heterocycles. The molecule has 0 aromatic carbocycles. The van der Waals surface area contributed by atoms with Crippen LogP contribution in [0.5, 0.6) is 0 Å². The Balaban J connectivity index is 1.71. The Morgan fingerprint density at radius 1 is 0.438 bits per heavy atom. The van der Waals surface area contributed by atoms with Crippen molar-refractivity contribution >= 4 is 5.91 Å². The number of aliphatic hydroxyl groups excluding tert-OH is 8. The van der Waals surface area contributed by atoms with Gasteiger partial charge in [0.2, 0.25) is 5.91 Å². The first-order valence-corrected chi connectivity index (χ1v) is 33.6. The molecule has 14 nitrogen and oxygen atoms in total. The van der Waals surface area contributed by atoms with Crippen molar-refractivity contribution in [2.24, 2.45) is 0 Å². The quantitative estimate of drug-likeness (QED) is 0.0204. The third-order valence-electron chi connectivity index (χ3n) is 16.6. The highest BCUT2D eigenvalue weighted by molar-refractivity contribution is 5.76. The predicted octanol–water partition coefficient (Wildman–Crippen LogP) is 12.8. The van der Waals surface area contributed by atoms with Crippen molar-refractivity contribution in [1.29, 1.82) is 0 Å². The van der Waals surface area contributed by atoms with Gasteiger partial charge < -0.3 is 65.1 Å². The van der Waals surface area contributed by atoms with Crippen LogP contribution in [0.3, 0.4) is 0 Å². The summed E-state index contributed by atoms with van der Waals surface area (Å²) in [6.07, 6.45) is 46.5. The number of aliphatic hydroxyl groups is 8. The minimum absolute atomic E-state index is 0.234. The number of allylic oxidation sites excluding steroid dienone is 3. The first kappa shape index (κ1) is 74.6. The van der Waals surface area contributed by atoms with Gasteiger partial charge in [-0.25, -0.2) is 0 Å². The summed E-state index contributed by atoms with van der Waals surface area (Å²) in [5, 5.41) is 87.3. The Morgan fingerprint density at radius 3 is 1.19 bits per heavy atom. The van der Waals surface area contributed by atoms with Gasteiger partial charge in [0.05, 0.1) is 32.0 Å². The van der Waals surface area contributed by atoms with Crippen molar-refractivity contribution in [2.45, 2.75) is 370 Å². The van der Waals surface area contributed by atoms with Gasteiger partial charge in [0, 0.05) is 6.42 Å². The van der Waals surface area contributed by atoms with Crippen LogP contribution in [0, 0.1) is 0 Å². The maximum absolute atomic E-state index is 13.3. The van der Waals surface area contributed by atoms with Gasteiger partial charge in [0.25, 0.3) is 0 Å². The smallest absolute Gasteiger partial charge is 0.220 e. The molecule has 2 aliphatic rings. The van der Waals surface area contributed by atoms with Gasteiger partial charge in [-0.05, 0) is 44.9 Å². The van der Waals surface area contributed by atoms with Gasteiger partial charge in [-0.15, -0.1) is 0 Å². The minimum atomic E-state index is -1.79. The van der Waals surface area contributed by atoms with Gasteiger partial charge in [0.15, 0.2) is 12.6 Å². The zero-order valence-electron chi connectivity index (χ0n) is 51.1. The number of carbonyl (C=O) groups excluding carboxylic acids is 1. The van der Waals surface area contributed by atoms with Crippen LogP contribution in [0.15, 0.2) is 24.3 Å². The van der Waals surface area contributed by atoms with Crippen LogP contribution in [0.25, 0.3) is 0 Å². The van der Waals surface area contributed by atoms with E-state index >= 15 is 0 Å². The van der Waals surface area contributed by atoms with Crippen LogP contribution in [-0.4, -0.2) is 140 Å². The highest BCUT2D eigenvalue weighted by Crippen LogP contribution is 2.30. The van der Waals surface area contributed by atoms with Crippen LogP contribution in [0.4, 0.5) is 0 Å². The number of ether oxygens (including phenoxy) is 4. The van der Waals surface area contributed by atoms with E-state index in [0.717, 1.165) is 38.5 Å². The Kier molecular flexibility index (Phi) is 48.3. The largest absolute Gasteiger partial charge is 0.394 e. The van der Waals surface area contributed by atoms with E-state index in [1.54, 1.807) is 6.08 Å². The highest BCUT2D eigenvalue weighted by atomic mass is 16.7. The first-order valence-electron chi connectivity index (χ1n) is 33.6. The predicted molar refractivity (Wildman–Crippen MR) is 323 cm³/mol. The standard InChI is InChI=1S/C66H125NO13/c1-3-5-7-9-11-13-15-17-19-21-23-25-26-27-28-30-32-34-36-38-40-42-44-46-48-50-58(71)67-54(55(70)49-47-45-43-41-39-37-35-33-31-29-24-22-20-18-16-14-12-10-8-6-4-2)53-77-65-63(76)61(74)64(57(52-69)79-65)80-66-62(75)60(73)59(72)56(51-68)78-66/h21,23,47,49,54-57,59-66,68-70,72-76H,3-20,22,24-46,48,50-53H2,1-2H3,(H,67,71)/b23-21-,49-47+. The van der Waals surface area contributed by atoms with E-state index in [1.165, 1.54) is 231 Å². The topological polar surface area (TPSA) is 228 Å². The van der Waals surface area contributed by atoms with Crippen molar-refractivity contribution in [3.05, 3.63) is 24.3 Å². The van der Waals surface area contributed by atoms with Crippen LogP contribution in [-0.2, 0) is 23.7 Å². The molecule has 2 fully saturated rings. The number of hydrogen-bond donors (Lipinski definition) is 9. The maximum atomic E-state index is 13.3. The molecule has 0 radical (unpaired) electrons. The Morgan fingerprint density at radius 2 is 0.787 bits per heavy atom. The molecule has 0 bridgehead atoms. The van der Waals surface area contributed by atoms with E-state index < -0.39 is 86.8 Å². The summed E-state index contributed by atoms with van der Waals surface area (Å²) in [6.45, 7) is 2.84. The number of unbranched alkanes of at least 4 members (excludes halogenated alkanes) is 40. The molecule has 14 heteroatoms. The molecule has 9 N–H and O–H groups in total. The van der Waals surface area contributed by atoms with Crippen LogP contribution in [0.2, 0.25) is 0 Å². The lowest BCUT2D eigenvalue weighted by atomic mass is 9.97. The molecule has 12 atom stereocenters. The number of carbonyl (C=O) groups is 1. The maximum Gasteiger partial charge on any atom is 0.220 e. The van der Waals surface area contributed by atoms with Crippen LogP contribution in [0.1, 0.15) is 296 Å². The molecule has 2 heterocycles. The molecule has 1 amide bonds. The van der Waals surface area contributed by atoms with E-state index in [1.807, 2.05) is 6.08 Å². The number of amides is 1. The monoisotopic (exact) mass is 1140 g/mol. The summed E-state index contributed by atoms with van der Waals surface area (Å²) in [4.78, 5) is 13.3. The zero-order valence-corrected chi connectivity index (χ0v) is 51.1.